The van der Waals surface area contributed by atoms with Gasteiger partial charge in [-0.2, -0.15) is 31.3 Å². The van der Waals surface area contributed by atoms with Crippen molar-refractivity contribution in [3.05, 3.63) is 35.5 Å². The van der Waals surface area contributed by atoms with Gasteiger partial charge < -0.3 is 20.6 Å². The third-order valence-electron chi connectivity index (χ3n) is 5.86. The maximum atomic E-state index is 13.4. The second-order valence-corrected chi connectivity index (χ2v) is 10.0. The van der Waals surface area contributed by atoms with Gasteiger partial charge in [-0.25, -0.2) is 14.8 Å². The van der Waals surface area contributed by atoms with Crippen LogP contribution in [-0.2, 0) is 12.4 Å². The SMILES string of the molecule is CC(C)(C)Nc1ncc2nc(Nc3cc(C(F)(F)F)cc(C(F)(F)F)c3)n(C3CCN(C(=O)O)CC3)c2n1. The average Bonchev–Trinajstić information content (AvgIpc) is 3.13. The topological polar surface area (TPSA) is 108 Å². The molecule has 1 fully saturated rings. The van der Waals surface area contributed by atoms with Crippen LogP contribution in [0.25, 0.3) is 11.2 Å². The Morgan fingerprint density at radius 3 is 2.05 bits per heavy atom. The van der Waals surface area contributed by atoms with E-state index < -0.39 is 40.8 Å². The van der Waals surface area contributed by atoms with Gasteiger partial charge in [-0.3, -0.25) is 4.57 Å². The van der Waals surface area contributed by atoms with E-state index in [4.69, 9.17) is 0 Å². The number of halogens is 6. The van der Waals surface area contributed by atoms with Crippen molar-refractivity contribution in [1.82, 2.24) is 24.4 Å². The van der Waals surface area contributed by atoms with Gasteiger partial charge >= 0.3 is 18.4 Å². The molecule has 9 nitrogen and oxygen atoms in total. The van der Waals surface area contributed by atoms with Crippen LogP contribution in [0.3, 0.4) is 0 Å². The normalized spacial score (nSPS) is 15.7. The summed E-state index contributed by atoms with van der Waals surface area (Å²) in [4.78, 5) is 25.7. The molecule has 1 aliphatic rings. The number of anilines is 3. The lowest BCUT2D eigenvalue weighted by Crippen LogP contribution is -2.38. The second-order valence-electron chi connectivity index (χ2n) is 10.0. The number of amides is 1. The molecular weight excluding hydrogens is 520 g/mol. The zero-order valence-corrected chi connectivity index (χ0v) is 20.6. The molecule has 2 aromatic heterocycles. The molecule has 0 bridgehead atoms. The highest BCUT2D eigenvalue weighted by Crippen LogP contribution is 2.39. The Labute approximate surface area is 212 Å². The zero-order chi connectivity index (χ0) is 28.0. The minimum absolute atomic E-state index is 0.0385. The van der Waals surface area contributed by atoms with Crippen LogP contribution in [0.15, 0.2) is 24.4 Å². The Hall–Kier alpha value is -3.78. The predicted molar refractivity (Wildman–Crippen MR) is 126 cm³/mol. The number of likely N-dealkylation sites (tertiary alicyclic amines) is 1. The monoisotopic (exact) mass is 545 g/mol. The van der Waals surface area contributed by atoms with Crippen LogP contribution in [0.1, 0.15) is 50.8 Å². The molecule has 0 saturated carbocycles. The standard InChI is InChI=1S/C23H25F6N7O2/c1-21(2,3)34-18-30-11-16-17(33-18)36(15-4-6-35(7-5-15)20(37)38)19(32-16)31-14-9-12(22(24,25)26)8-13(10-14)23(27,28)29/h8-11,15H,4-7H2,1-3H3,(H,31,32)(H,37,38)(H,30,33,34). The number of hydrogen-bond acceptors (Lipinski definition) is 6. The summed E-state index contributed by atoms with van der Waals surface area (Å²) in [5.41, 5.74) is -3.25. The Morgan fingerprint density at radius 2 is 1.55 bits per heavy atom. The highest BCUT2D eigenvalue weighted by Gasteiger charge is 2.37. The minimum Gasteiger partial charge on any atom is -0.465 e. The van der Waals surface area contributed by atoms with Crippen LogP contribution in [-0.4, -0.2) is 54.2 Å². The fourth-order valence-electron chi connectivity index (χ4n) is 4.19. The number of rotatable bonds is 4. The third kappa shape index (κ3) is 6.02. The lowest BCUT2D eigenvalue weighted by molar-refractivity contribution is -0.143. The molecule has 0 unspecified atom stereocenters. The van der Waals surface area contributed by atoms with Gasteiger partial charge in [0.2, 0.25) is 11.9 Å². The first-order chi connectivity index (χ1) is 17.5. The van der Waals surface area contributed by atoms with E-state index >= 15 is 0 Å². The van der Waals surface area contributed by atoms with E-state index in [1.54, 1.807) is 4.57 Å². The number of carbonyl (C=O) groups is 1. The van der Waals surface area contributed by atoms with Crippen LogP contribution in [0.5, 0.6) is 0 Å². The largest absolute Gasteiger partial charge is 0.465 e. The molecular formula is C23H25F6N7O2. The van der Waals surface area contributed by atoms with Gasteiger partial charge in [-0.05, 0) is 51.8 Å². The summed E-state index contributed by atoms with van der Waals surface area (Å²) < 4.78 is 82.0. The molecule has 15 heteroatoms. The van der Waals surface area contributed by atoms with E-state index in [9.17, 15) is 36.2 Å². The highest BCUT2D eigenvalue weighted by molar-refractivity contribution is 5.77. The summed E-state index contributed by atoms with van der Waals surface area (Å²) in [6.07, 6.45) is -9.05. The molecule has 1 amide bonds. The van der Waals surface area contributed by atoms with E-state index in [0.717, 1.165) is 0 Å². The number of carboxylic acid groups (broad SMARTS) is 1. The van der Waals surface area contributed by atoms with Gasteiger partial charge in [-0.15, -0.1) is 0 Å². The number of aromatic nitrogens is 4. The lowest BCUT2D eigenvalue weighted by Gasteiger charge is -2.31. The lowest BCUT2D eigenvalue weighted by atomic mass is 10.1. The quantitative estimate of drug-likeness (QED) is 0.339. The molecule has 4 rings (SSSR count). The van der Waals surface area contributed by atoms with E-state index in [2.05, 4.69) is 25.6 Å². The molecule has 0 aliphatic carbocycles. The van der Waals surface area contributed by atoms with E-state index in [0.29, 0.717) is 30.6 Å². The molecule has 38 heavy (non-hydrogen) atoms. The van der Waals surface area contributed by atoms with Crippen LogP contribution >= 0.6 is 0 Å². The van der Waals surface area contributed by atoms with Crippen molar-refractivity contribution in [3.63, 3.8) is 0 Å². The number of hydrogen-bond donors (Lipinski definition) is 3. The maximum Gasteiger partial charge on any atom is 0.416 e. The summed E-state index contributed by atoms with van der Waals surface area (Å²) >= 11 is 0. The third-order valence-corrected chi connectivity index (χ3v) is 5.86. The fraction of sp³-hybridized carbons (Fsp3) is 0.478. The molecule has 0 radical (unpaired) electrons. The number of benzene rings is 1. The maximum absolute atomic E-state index is 13.4. The number of piperidine rings is 1. The van der Waals surface area contributed by atoms with Crippen LogP contribution in [0.2, 0.25) is 0 Å². The van der Waals surface area contributed by atoms with Crippen molar-refractivity contribution < 1.29 is 36.2 Å². The number of imidazole rings is 1. The molecule has 206 valence electrons. The van der Waals surface area contributed by atoms with Crippen molar-refractivity contribution in [2.75, 3.05) is 23.7 Å². The summed E-state index contributed by atoms with van der Waals surface area (Å²) in [5.74, 6) is 0.211. The molecule has 3 N–H and O–H groups in total. The Kier molecular flexibility index (Phi) is 6.82. The van der Waals surface area contributed by atoms with Crippen molar-refractivity contribution in [2.45, 2.75) is 57.5 Å². The highest BCUT2D eigenvalue weighted by atomic mass is 19.4. The van der Waals surface area contributed by atoms with Gasteiger partial charge in [0.15, 0.2) is 5.65 Å². The van der Waals surface area contributed by atoms with E-state index in [1.165, 1.54) is 11.1 Å². The smallest absolute Gasteiger partial charge is 0.416 e. The fourth-order valence-corrected chi connectivity index (χ4v) is 4.19. The zero-order valence-electron chi connectivity index (χ0n) is 20.6. The van der Waals surface area contributed by atoms with Gasteiger partial charge in [0, 0.05) is 30.4 Å². The number of nitrogens with one attached hydrogen (secondary N) is 2. The van der Waals surface area contributed by atoms with Crippen LogP contribution in [0.4, 0.5) is 48.7 Å². The number of fused-ring (bicyclic) bond motifs is 1. The average molecular weight is 545 g/mol. The van der Waals surface area contributed by atoms with Crippen molar-refractivity contribution in [2.24, 2.45) is 0 Å². The summed E-state index contributed by atoms with van der Waals surface area (Å²) in [7, 11) is 0. The predicted octanol–water partition coefficient (Wildman–Crippen LogP) is 6.13. The molecule has 1 saturated heterocycles. The van der Waals surface area contributed by atoms with E-state index in [-0.39, 0.29) is 42.6 Å². The number of alkyl halides is 6. The first-order valence-electron chi connectivity index (χ1n) is 11.6. The van der Waals surface area contributed by atoms with Gasteiger partial charge in [0.05, 0.1) is 17.3 Å². The molecule has 3 heterocycles. The van der Waals surface area contributed by atoms with Gasteiger partial charge in [0.1, 0.15) is 5.52 Å². The molecule has 3 aromatic rings. The van der Waals surface area contributed by atoms with Gasteiger partial charge in [-0.1, -0.05) is 0 Å². The van der Waals surface area contributed by atoms with Crippen molar-refractivity contribution in [1.29, 1.82) is 0 Å². The van der Waals surface area contributed by atoms with Gasteiger partial charge in [0.25, 0.3) is 0 Å². The van der Waals surface area contributed by atoms with E-state index in [1.807, 2.05) is 20.8 Å². The first-order valence-corrected chi connectivity index (χ1v) is 11.6. The summed E-state index contributed by atoms with van der Waals surface area (Å²) in [5, 5.41) is 15.0. The molecule has 1 aliphatic heterocycles. The van der Waals surface area contributed by atoms with Crippen LogP contribution in [0, 0.1) is 0 Å². The van der Waals surface area contributed by atoms with Crippen LogP contribution < -0.4 is 10.6 Å². The summed E-state index contributed by atoms with van der Waals surface area (Å²) in [6, 6.07) is 0.809. The number of nitrogens with zero attached hydrogens (tertiary/aromatic N) is 5. The second kappa shape index (κ2) is 9.51. The Morgan fingerprint density at radius 1 is 0.974 bits per heavy atom. The minimum atomic E-state index is -5.01. The van der Waals surface area contributed by atoms with Crippen molar-refractivity contribution >= 4 is 34.8 Å². The Balaban J connectivity index is 1.81. The van der Waals surface area contributed by atoms with Crippen molar-refractivity contribution in [3.8, 4) is 0 Å². The Bertz CT molecular complexity index is 1310. The molecule has 0 spiro atoms. The summed E-state index contributed by atoms with van der Waals surface area (Å²) in [6.45, 7) is 6.02. The molecule has 0 atom stereocenters. The molecule has 1 aromatic carbocycles. The first kappa shape index (κ1) is 27.3.